The number of methoxy groups -OCH3 is 1. The van der Waals surface area contributed by atoms with Gasteiger partial charge in [0.05, 0.1) is 19.3 Å². The maximum Gasteiger partial charge on any atom is 0.330 e. The minimum absolute atomic E-state index is 0.0351. The number of carbonyl (C=O) groups is 1. The summed E-state index contributed by atoms with van der Waals surface area (Å²) in [4.78, 5) is 11.6. The number of rotatable bonds is 8. The number of carboxylic acid groups (broad SMARTS) is 1. The second-order valence-corrected chi connectivity index (χ2v) is 4.40. The second kappa shape index (κ2) is 7.23. The van der Waals surface area contributed by atoms with Gasteiger partial charge in [-0.3, -0.25) is 5.32 Å². The van der Waals surface area contributed by atoms with Gasteiger partial charge in [0.15, 0.2) is 5.54 Å². The Kier molecular flexibility index (Phi) is 5.95. The van der Waals surface area contributed by atoms with E-state index in [1.807, 2.05) is 25.1 Å². The van der Waals surface area contributed by atoms with Crippen LogP contribution in [0.2, 0.25) is 0 Å². The van der Waals surface area contributed by atoms with Crippen molar-refractivity contribution in [3.63, 3.8) is 0 Å². The van der Waals surface area contributed by atoms with Crippen molar-refractivity contribution in [3.05, 3.63) is 35.9 Å². The Morgan fingerprint density at radius 1 is 1.42 bits per heavy atom. The van der Waals surface area contributed by atoms with Gasteiger partial charge >= 0.3 is 5.97 Å². The van der Waals surface area contributed by atoms with Gasteiger partial charge in [-0.1, -0.05) is 30.3 Å². The summed E-state index contributed by atoms with van der Waals surface area (Å²) in [5.74, 6) is -0.967. The van der Waals surface area contributed by atoms with Crippen LogP contribution in [0.15, 0.2) is 30.3 Å². The molecule has 0 spiro atoms. The first-order valence-corrected chi connectivity index (χ1v) is 6.15. The molecule has 1 rings (SSSR count). The molecule has 0 aliphatic heterocycles. The molecular formula is C14H21NO4. The molecule has 0 aliphatic carbocycles. The van der Waals surface area contributed by atoms with E-state index in [1.54, 1.807) is 26.3 Å². The fourth-order valence-electron chi connectivity index (χ4n) is 1.86. The van der Waals surface area contributed by atoms with E-state index >= 15 is 0 Å². The minimum atomic E-state index is -1.25. The van der Waals surface area contributed by atoms with Gasteiger partial charge in [-0.2, -0.15) is 0 Å². The average Bonchev–Trinajstić information content (AvgIpc) is 2.41. The van der Waals surface area contributed by atoms with Gasteiger partial charge in [-0.25, -0.2) is 4.79 Å². The van der Waals surface area contributed by atoms with Crippen molar-refractivity contribution in [1.29, 1.82) is 0 Å². The molecule has 0 bridgehead atoms. The van der Waals surface area contributed by atoms with Crippen LogP contribution in [-0.2, 0) is 19.8 Å². The molecule has 1 aromatic carbocycles. The molecule has 1 aromatic rings. The molecule has 106 valence electrons. The van der Waals surface area contributed by atoms with E-state index in [2.05, 4.69) is 5.32 Å². The van der Waals surface area contributed by atoms with E-state index in [1.165, 1.54) is 0 Å². The van der Waals surface area contributed by atoms with Crippen LogP contribution in [-0.4, -0.2) is 44.6 Å². The van der Waals surface area contributed by atoms with Gasteiger partial charge in [0.25, 0.3) is 0 Å². The number of hydrogen-bond acceptors (Lipinski definition) is 4. The van der Waals surface area contributed by atoms with Gasteiger partial charge < -0.3 is 14.6 Å². The van der Waals surface area contributed by atoms with Crippen molar-refractivity contribution in [1.82, 2.24) is 5.32 Å². The van der Waals surface area contributed by atoms with Crippen molar-refractivity contribution >= 4 is 5.97 Å². The molecule has 0 amide bonds. The second-order valence-electron chi connectivity index (χ2n) is 4.40. The zero-order valence-electron chi connectivity index (χ0n) is 11.6. The van der Waals surface area contributed by atoms with Crippen LogP contribution in [0.5, 0.6) is 0 Å². The summed E-state index contributed by atoms with van der Waals surface area (Å²) in [5, 5.41) is 12.4. The third-order valence-corrected chi connectivity index (χ3v) is 3.04. The Bertz CT molecular complexity index is 396. The van der Waals surface area contributed by atoms with Crippen LogP contribution in [0, 0.1) is 0 Å². The topological polar surface area (TPSA) is 67.8 Å². The molecule has 5 heteroatoms. The highest BCUT2D eigenvalue weighted by Crippen LogP contribution is 2.22. The van der Waals surface area contributed by atoms with Crippen LogP contribution in [0.3, 0.4) is 0 Å². The van der Waals surface area contributed by atoms with Crippen LogP contribution < -0.4 is 5.32 Å². The van der Waals surface area contributed by atoms with Crippen molar-refractivity contribution in [2.75, 3.05) is 27.4 Å². The monoisotopic (exact) mass is 267 g/mol. The van der Waals surface area contributed by atoms with E-state index in [4.69, 9.17) is 9.47 Å². The molecule has 0 aliphatic rings. The molecule has 19 heavy (non-hydrogen) atoms. The van der Waals surface area contributed by atoms with Crippen LogP contribution in [0.25, 0.3) is 0 Å². The maximum atomic E-state index is 11.6. The minimum Gasteiger partial charge on any atom is -0.480 e. The fourth-order valence-corrected chi connectivity index (χ4v) is 1.86. The third-order valence-electron chi connectivity index (χ3n) is 3.04. The smallest absolute Gasteiger partial charge is 0.330 e. The van der Waals surface area contributed by atoms with Gasteiger partial charge in [0.1, 0.15) is 0 Å². The molecule has 0 saturated carbocycles. The van der Waals surface area contributed by atoms with Crippen molar-refractivity contribution in [3.8, 4) is 0 Å². The van der Waals surface area contributed by atoms with Gasteiger partial charge in [-0.15, -0.1) is 0 Å². The molecule has 0 fully saturated rings. The summed E-state index contributed by atoms with van der Waals surface area (Å²) in [5.41, 5.74) is -0.585. The first-order valence-electron chi connectivity index (χ1n) is 6.15. The predicted octanol–water partition coefficient (Wildman–Crippen LogP) is 1.24. The molecule has 0 heterocycles. The summed E-state index contributed by atoms with van der Waals surface area (Å²) in [6, 6.07) is 9.01. The van der Waals surface area contributed by atoms with Crippen LogP contribution in [0.1, 0.15) is 12.5 Å². The first-order chi connectivity index (χ1) is 9.06. The normalized spacial score (nSPS) is 15.7. The Morgan fingerprint density at radius 3 is 2.53 bits per heavy atom. The predicted molar refractivity (Wildman–Crippen MR) is 72.1 cm³/mol. The lowest BCUT2D eigenvalue weighted by Crippen LogP contribution is -2.51. The summed E-state index contributed by atoms with van der Waals surface area (Å²) >= 11 is 0. The highest BCUT2D eigenvalue weighted by Gasteiger charge is 2.39. The Hall–Kier alpha value is -1.43. The number of aliphatic carboxylic acids is 1. The van der Waals surface area contributed by atoms with E-state index < -0.39 is 11.5 Å². The van der Waals surface area contributed by atoms with Crippen LogP contribution in [0.4, 0.5) is 0 Å². The Labute approximate surface area is 113 Å². The lowest BCUT2D eigenvalue weighted by atomic mass is 9.91. The quantitative estimate of drug-likeness (QED) is 0.741. The first kappa shape index (κ1) is 15.6. The average molecular weight is 267 g/mol. The Balaban J connectivity index is 2.91. The number of hydrogen-bond donors (Lipinski definition) is 2. The largest absolute Gasteiger partial charge is 0.480 e. The molecule has 2 atom stereocenters. The number of nitrogens with one attached hydrogen (secondary N) is 1. The van der Waals surface area contributed by atoms with Gasteiger partial charge in [0.2, 0.25) is 0 Å². The lowest BCUT2D eigenvalue weighted by Gasteiger charge is -2.30. The fraction of sp³-hybridized carbons (Fsp3) is 0.500. The number of benzene rings is 1. The number of ether oxygens (including phenoxy) is 2. The lowest BCUT2D eigenvalue weighted by molar-refractivity contribution is -0.149. The van der Waals surface area contributed by atoms with Crippen LogP contribution >= 0.6 is 0 Å². The highest BCUT2D eigenvalue weighted by atomic mass is 16.5. The SMILES string of the molecule is CNC(COC(C)COC)(C(=O)O)c1ccccc1. The molecule has 0 radical (unpaired) electrons. The number of likely N-dealkylation sites (N-methyl/N-ethyl adjacent to an activating group) is 1. The summed E-state index contributed by atoms with van der Waals surface area (Å²) in [6.07, 6.45) is -0.166. The standard InChI is InChI=1S/C14H21NO4/c1-11(9-18-3)19-10-14(15-2,13(16)17)12-7-5-4-6-8-12/h4-8,11,15H,9-10H2,1-3H3,(H,16,17). The molecule has 5 nitrogen and oxygen atoms in total. The van der Waals surface area contributed by atoms with E-state index in [0.29, 0.717) is 12.2 Å². The molecule has 0 aromatic heterocycles. The molecular weight excluding hydrogens is 246 g/mol. The van der Waals surface area contributed by atoms with E-state index in [9.17, 15) is 9.90 Å². The highest BCUT2D eigenvalue weighted by molar-refractivity contribution is 5.81. The third kappa shape index (κ3) is 3.76. The zero-order valence-corrected chi connectivity index (χ0v) is 11.6. The van der Waals surface area contributed by atoms with Gasteiger partial charge in [0, 0.05) is 7.11 Å². The summed E-state index contributed by atoms with van der Waals surface area (Å²) in [6.45, 7) is 2.30. The zero-order chi connectivity index (χ0) is 14.3. The summed E-state index contributed by atoms with van der Waals surface area (Å²) in [7, 11) is 3.20. The van der Waals surface area contributed by atoms with E-state index in [0.717, 1.165) is 0 Å². The molecule has 0 saturated heterocycles. The Morgan fingerprint density at radius 2 is 2.05 bits per heavy atom. The van der Waals surface area contributed by atoms with Crippen molar-refractivity contribution < 1.29 is 19.4 Å². The van der Waals surface area contributed by atoms with E-state index in [-0.39, 0.29) is 12.7 Å². The molecule has 2 unspecified atom stereocenters. The maximum absolute atomic E-state index is 11.6. The number of carboxylic acids is 1. The van der Waals surface area contributed by atoms with Crippen molar-refractivity contribution in [2.45, 2.75) is 18.6 Å². The van der Waals surface area contributed by atoms with Crippen molar-refractivity contribution in [2.24, 2.45) is 0 Å². The summed E-state index contributed by atoms with van der Waals surface area (Å²) < 4.78 is 10.6. The molecule has 2 N–H and O–H groups in total. The van der Waals surface area contributed by atoms with Gasteiger partial charge in [-0.05, 0) is 19.5 Å².